The predicted octanol–water partition coefficient (Wildman–Crippen LogP) is 6.15. The Balaban J connectivity index is 1.62. The van der Waals surface area contributed by atoms with E-state index < -0.39 is 5.41 Å². The van der Waals surface area contributed by atoms with Crippen LogP contribution in [-0.2, 0) is 23.1 Å². The molecular weight excluding hydrogens is 448 g/mol. The number of carbonyl (C=O) groups excluding carboxylic acids is 1. The molecule has 1 N–H and O–H groups in total. The van der Waals surface area contributed by atoms with Crippen LogP contribution in [0, 0.1) is 0 Å². The van der Waals surface area contributed by atoms with Crippen molar-refractivity contribution in [2.75, 3.05) is 19.5 Å². The van der Waals surface area contributed by atoms with E-state index in [9.17, 15) is 4.79 Å². The molecule has 1 amide bonds. The van der Waals surface area contributed by atoms with Crippen molar-refractivity contribution in [3.63, 3.8) is 0 Å². The van der Waals surface area contributed by atoms with Crippen molar-refractivity contribution >= 4 is 23.0 Å². The molecule has 0 atom stereocenters. The first kappa shape index (κ1) is 23.4. The monoisotopic (exact) mass is 476 g/mol. The summed E-state index contributed by atoms with van der Waals surface area (Å²) in [7, 11) is 3.28. The third-order valence-electron chi connectivity index (χ3n) is 6.67. The molecule has 5 nitrogen and oxygen atoms in total. The van der Waals surface area contributed by atoms with Gasteiger partial charge in [-0.3, -0.25) is 4.79 Å². The number of benzene rings is 4. The van der Waals surface area contributed by atoms with Gasteiger partial charge in [-0.15, -0.1) is 0 Å². The van der Waals surface area contributed by atoms with E-state index in [0.29, 0.717) is 24.2 Å². The van der Waals surface area contributed by atoms with E-state index >= 15 is 0 Å². The molecule has 0 fully saturated rings. The van der Waals surface area contributed by atoms with Crippen LogP contribution < -0.4 is 14.8 Å². The lowest BCUT2D eigenvalue weighted by Crippen LogP contribution is -2.44. The van der Waals surface area contributed by atoms with Crippen LogP contribution in [0.15, 0.2) is 108 Å². The van der Waals surface area contributed by atoms with Gasteiger partial charge in [0.15, 0.2) is 0 Å². The average molecular weight is 477 g/mol. The normalized spacial score (nSPS) is 13.4. The van der Waals surface area contributed by atoms with Crippen molar-refractivity contribution in [3.8, 4) is 11.5 Å². The third-order valence-corrected chi connectivity index (χ3v) is 6.67. The quantitative estimate of drug-likeness (QED) is 0.332. The summed E-state index contributed by atoms with van der Waals surface area (Å²) < 4.78 is 10.8. The fourth-order valence-electron chi connectivity index (χ4n) is 4.92. The lowest BCUT2D eigenvalue weighted by molar-refractivity contribution is -0.110. The first-order chi connectivity index (χ1) is 17.6. The highest BCUT2D eigenvalue weighted by molar-refractivity contribution is 6.47. The Labute approximate surface area is 211 Å². The van der Waals surface area contributed by atoms with Gasteiger partial charge in [-0.1, -0.05) is 60.7 Å². The van der Waals surface area contributed by atoms with Crippen molar-refractivity contribution < 1.29 is 14.3 Å². The molecule has 0 bridgehead atoms. The van der Waals surface area contributed by atoms with Crippen LogP contribution >= 0.6 is 0 Å². The summed E-state index contributed by atoms with van der Waals surface area (Å²) in [5.41, 5.74) is 4.56. The van der Waals surface area contributed by atoms with Crippen molar-refractivity contribution in [2.45, 2.75) is 18.3 Å². The molecule has 0 radical (unpaired) electrons. The minimum Gasteiger partial charge on any atom is -0.497 e. The molecular formula is C31H28N2O3. The van der Waals surface area contributed by atoms with Crippen molar-refractivity contribution in [1.82, 2.24) is 0 Å². The molecule has 1 heterocycles. The van der Waals surface area contributed by atoms with Crippen LogP contribution in [0.5, 0.6) is 11.5 Å². The highest BCUT2D eigenvalue weighted by Gasteiger charge is 2.47. The van der Waals surface area contributed by atoms with Crippen molar-refractivity contribution in [2.24, 2.45) is 4.99 Å². The Bertz CT molecular complexity index is 1340. The van der Waals surface area contributed by atoms with Gasteiger partial charge in [-0.05, 0) is 72.0 Å². The Kier molecular flexibility index (Phi) is 6.54. The van der Waals surface area contributed by atoms with Crippen molar-refractivity contribution in [3.05, 3.63) is 120 Å². The van der Waals surface area contributed by atoms with Gasteiger partial charge in [0.2, 0.25) is 0 Å². The molecule has 0 saturated heterocycles. The minimum absolute atomic E-state index is 0.220. The first-order valence-electron chi connectivity index (χ1n) is 11.9. The summed E-state index contributed by atoms with van der Waals surface area (Å²) in [6.45, 7) is 0. The molecule has 4 aromatic rings. The van der Waals surface area contributed by atoms with E-state index in [2.05, 4.69) is 29.6 Å². The van der Waals surface area contributed by atoms with Crippen LogP contribution in [0.25, 0.3) is 0 Å². The molecule has 180 valence electrons. The molecule has 0 saturated carbocycles. The van der Waals surface area contributed by atoms with Gasteiger partial charge in [-0.2, -0.15) is 0 Å². The van der Waals surface area contributed by atoms with Crippen LogP contribution in [0.1, 0.15) is 16.7 Å². The van der Waals surface area contributed by atoms with E-state index in [1.165, 1.54) is 0 Å². The fourth-order valence-corrected chi connectivity index (χ4v) is 4.92. The van der Waals surface area contributed by atoms with E-state index in [4.69, 9.17) is 14.5 Å². The number of nitrogens with zero attached hydrogens (tertiary/aromatic N) is 1. The van der Waals surface area contributed by atoms with Gasteiger partial charge in [-0.25, -0.2) is 4.99 Å². The second kappa shape index (κ2) is 10.1. The number of hydrogen-bond donors (Lipinski definition) is 1. The SMILES string of the molecule is COc1ccc(NC(=O)C2=Nc3ccc(OC)cc3C2(Cc2ccccc2)Cc2ccccc2)cc1. The maximum Gasteiger partial charge on any atom is 0.271 e. The number of amides is 1. The molecule has 0 unspecified atom stereocenters. The zero-order chi connectivity index (χ0) is 25.0. The Morgan fingerprint density at radius 2 is 1.31 bits per heavy atom. The van der Waals surface area contributed by atoms with Crippen LogP contribution in [0.3, 0.4) is 0 Å². The minimum atomic E-state index is -0.677. The maximum absolute atomic E-state index is 13.9. The molecule has 0 aliphatic carbocycles. The Morgan fingerprint density at radius 3 is 1.86 bits per heavy atom. The molecule has 0 spiro atoms. The number of rotatable bonds is 8. The molecule has 5 heteroatoms. The number of hydrogen-bond acceptors (Lipinski definition) is 4. The van der Waals surface area contributed by atoms with Gasteiger partial charge >= 0.3 is 0 Å². The highest BCUT2D eigenvalue weighted by Crippen LogP contribution is 2.46. The number of ether oxygens (including phenoxy) is 2. The Morgan fingerprint density at radius 1 is 0.750 bits per heavy atom. The summed E-state index contributed by atoms with van der Waals surface area (Å²) >= 11 is 0. The lowest BCUT2D eigenvalue weighted by Gasteiger charge is -2.32. The summed E-state index contributed by atoms with van der Waals surface area (Å²) in [5, 5.41) is 3.07. The van der Waals surface area contributed by atoms with Gasteiger partial charge in [0.05, 0.1) is 25.3 Å². The summed E-state index contributed by atoms with van der Waals surface area (Å²) in [6.07, 6.45) is 1.25. The van der Waals surface area contributed by atoms with Gasteiger partial charge < -0.3 is 14.8 Å². The second-order valence-corrected chi connectivity index (χ2v) is 8.93. The summed E-state index contributed by atoms with van der Waals surface area (Å²) in [5.74, 6) is 1.25. The summed E-state index contributed by atoms with van der Waals surface area (Å²) in [6, 6.07) is 33.7. The molecule has 1 aliphatic rings. The average Bonchev–Trinajstić information content (AvgIpc) is 3.23. The van der Waals surface area contributed by atoms with Crippen LogP contribution in [0.4, 0.5) is 11.4 Å². The predicted molar refractivity (Wildman–Crippen MR) is 144 cm³/mol. The van der Waals surface area contributed by atoms with E-state index in [-0.39, 0.29) is 5.91 Å². The number of nitrogens with one attached hydrogen (secondary N) is 1. The first-order valence-corrected chi connectivity index (χ1v) is 11.9. The van der Waals surface area contributed by atoms with Crippen LogP contribution in [0.2, 0.25) is 0 Å². The largest absolute Gasteiger partial charge is 0.497 e. The van der Waals surface area contributed by atoms with Crippen molar-refractivity contribution in [1.29, 1.82) is 0 Å². The van der Waals surface area contributed by atoms with E-state index in [1.54, 1.807) is 14.2 Å². The van der Waals surface area contributed by atoms with E-state index in [1.807, 2.05) is 78.9 Å². The van der Waals surface area contributed by atoms with Gasteiger partial charge in [0, 0.05) is 5.69 Å². The maximum atomic E-state index is 13.9. The standard InChI is InChI=1S/C31H28N2O3/c1-35-25-15-13-24(14-16-25)32-30(34)29-31(20-22-9-5-3-6-10-22,21-23-11-7-4-8-12-23)27-19-26(36-2)17-18-28(27)33-29/h3-19H,20-21H2,1-2H3,(H,32,34). The highest BCUT2D eigenvalue weighted by atomic mass is 16.5. The van der Waals surface area contributed by atoms with E-state index in [0.717, 1.165) is 33.9 Å². The molecule has 0 aromatic heterocycles. The molecule has 4 aromatic carbocycles. The summed E-state index contributed by atoms with van der Waals surface area (Å²) in [4.78, 5) is 18.8. The second-order valence-electron chi connectivity index (χ2n) is 8.93. The number of anilines is 1. The molecule has 36 heavy (non-hydrogen) atoms. The zero-order valence-electron chi connectivity index (χ0n) is 20.4. The number of fused-ring (bicyclic) bond motifs is 1. The lowest BCUT2D eigenvalue weighted by atomic mass is 9.68. The van der Waals surface area contributed by atoms with Crippen LogP contribution in [-0.4, -0.2) is 25.8 Å². The molecule has 5 rings (SSSR count). The number of methoxy groups -OCH3 is 2. The fraction of sp³-hybridized carbons (Fsp3) is 0.161. The topological polar surface area (TPSA) is 59.9 Å². The Hall–Kier alpha value is -4.38. The smallest absolute Gasteiger partial charge is 0.271 e. The number of aliphatic imine (C=N–C) groups is 1. The number of carbonyl (C=O) groups is 1. The molecule has 1 aliphatic heterocycles. The van der Waals surface area contributed by atoms with Gasteiger partial charge in [0.1, 0.15) is 17.2 Å². The zero-order valence-corrected chi connectivity index (χ0v) is 20.4. The van der Waals surface area contributed by atoms with Gasteiger partial charge in [0.25, 0.3) is 5.91 Å². The third kappa shape index (κ3) is 4.60.